The molecule has 0 aromatic heterocycles. The van der Waals surface area contributed by atoms with E-state index in [-0.39, 0.29) is 24.8 Å². The molecule has 0 bridgehead atoms. The van der Waals surface area contributed by atoms with Crippen molar-refractivity contribution in [1.29, 1.82) is 0 Å². The fraction of sp³-hybridized carbons (Fsp3) is 1.00. The number of hydrogen-bond acceptors (Lipinski definition) is 0. The number of fused-ring (bicyclic) bond motifs is 10. The standard InChI is InChI=1S/2C5H5.2ClH.Zr/c2*1-2-4-5-3-1;;;/h2*1-5H;2*1H;. The Morgan fingerprint density at radius 1 is 0.385 bits per heavy atom. The zero-order valence-corrected chi connectivity index (χ0v) is 11.2. The maximum atomic E-state index is 1.63. The minimum atomic E-state index is -2.76. The van der Waals surface area contributed by atoms with Crippen LogP contribution in [0, 0.1) is 0 Å². The van der Waals surface area contributed by atoms with Crippen molar-refractivity contribution >= 4 is 24.8 Å². The Morgan fingerprint density at radius 3 is 0.538 bits per heavy atom. The van der Waals surface area contributed by atoms with E-state index in [1.807, 2.05) is 0 Å². The molecule has 10 aliphatic heterocycles. The van der Waals surface area contributed by atoms with Crippen LogP contribution in [-0.2, 0) is 11.4 Å². The van der Waals surface area contributed by atoms with Crippen molar-refractivity contribution in [3.63, 3.8) is 0 Å². The molecular formula is C10H12Cl2Zr. The summed E-state index contributed by atoms with van der Waals surface area (Å²) in [5.41, 5.74) is 0. The molecule has 0 aliphatic carbocycles. The van der Waals surface area contributed by atoms with Gasteiger partial charge in [0.15, 0.2) is 0 Å². The van der Waals surface area contributed by atoms with Crippen LogP contribution in [0.3, 0.4) is 0 Å². The molecule has 0 saturated carbocycles. The monoisotopic (exact) mass is 292 g/mol. The normalized spacial score (nSPS) is 145. The summed E-state index contributed by atoms with van der Waals surface area (Å²) in [6.07, 6.45) is 0. The topological polar surface area (TPSA) is 0 Å². The molecule has 70 valence electrons. The first-order valence-electron chi connectivity index (χ1n) is 6.22. The van der Waals surface area contributed by atoms with E-state index in [1.54, 1.807) is 36.3 Å². The first-order chi connectivity index (χ1) is 5.16. The van der Waals surface area contributed by atoms with Crippen molar-refractivity contribution < 1.29 is 11.4 Å². The average molecular weight is 294 g/mol. The zero-order chi connectivity index (χ0) is 6.09. The minimum absolute atomic E-state index is 0. The summed E-state index contributed by atoms with van der Waals surface area (Å²) in [6, 6.07) is 0. The molecule has 0 aromatic rings. The Labute approximate surface area is 71.8 Å². The Kier molecular flexibility index (Phi) is 0.157. The number of halogens is 2. The molecule has 0 radical (unpaired) electrons. The van der Waals surface area contributed by atoms with Gasteiger partial charge in [0, 0.05) is 0 Å². The van der Waals surface area contributed by atoms with Gasteiger partial charge in [0.25, 0.3) is 0 Å². The van der Waals surface area contributed by atoms with Gasteiger partial charge in [0.1, 0.15) is 0 Å². The van der Waals surface area contributed by atoms with Crippen molar-refractivity contribution in [2.45, 2.75) is 36.3 Å². The summed E-state index contributed by atoms with van der Waals surface area (Å²) in [4.78, 5) is 0. The summed E-state index contributed by atoms with van der Waals surface area (Å²) < 4.78 is 16.3. The second-order valence-corrected chi connectivity index (χ2v) is 66.0. The quantitative estimate of drug-likeness (QED) is 0.627. The van der Waals surface area contributed by atoms with Gasteiger partial charge in [-0.1, -0.05) is 0 Å². The predicted molar refractivity (Wildman–Crippen MR) is 52.0 cm³/mol. The number of hydrogen-bond donors (Lipinski definition) is 0. The third-order valence-electron chi connectivity index (χ3n) is 20.1. The second kappa shape index (κ2) is 0.358. The van der Waals surface area contributed by atoms with E-state index >= 15 is 0 Å². The van der Waals surface area contributed by atoms with E-state index in [4.69, 9.17) is 0 Å². The van der Waals surface area contributed by atoms with E-state index < -0.39 is 11.4 Å². The van der Waals surface area contributed by atoms with Gasteiger partial charge in [-0.15, -0.1) is 24.8 Å². The summed E-state index contributed by atoms with van der Waals surface area (Å²) >= 11 is -2.76. The third kappa shape index (κ3) is 0.0436. The van der Waals surface area contributed by atoms with Crippen LogP contribution in [0.4, 0.5) is 0 Å². The fourth-order valence-corrected chi connectivity index (χ4v) is 246. The molecule has 0 nitrogen and oxygen atoms in total. The van der Waals surface area contributed by atoms with Crippen molar-refractivity contribution in [2.24, 2.45) is 0 Å². The molecule has 10 saturated heterocycles. The van der Waals surface area contributed by atoms with Crippen LogP contribution in [0.2, 0.25) is 36.3 Å². The fourth-order valence-electron chi connectivity index (χ4n) is 23.2. The Balaban J connectivity index is 0.000000222. The van der Waals surface area contributed by atoms with Gasteiger partial charge >= 0.3 is 47.6 Å². The Hall–Kier alpha value is 1.46. The van der Waals surface area contributed by atoms with Gasteiger partial charge in [0.2, 0.25) is 0 Å². The molecule has 3 heteroatoms. The molecule has 0 amide bonds. The van der Waals surface area contributed by atoms with Crippen molar-refractivity contribution in [3.05, 3.63) is 0 Å². The molecule has 13 heavy (non-hydrogen) atoms. The molecule has 10 aliphatic rings. The summed E-state index contributed by atoms with van der Waals surface area (Å²) in [5.74, 6) is 0. The zero-order valence-electron chi connectivity index (χ0n) is 7.09. The van der Waals surface area contributed by atoms with Crippen LogP contribution in [0.5, 0.6) is 0 Å². The summed E-state index contributed by atoms with van der Waals surface area (Å²) in [6.45, 7) is 0. The first-order valence-corrected chi connectivity index (χ1v) is 20.4. The first kappa shape index (κ1) is 5.69. The SMILES string of the molecule is Cl.Cl.[CH]12[CH]3[CH]4[CH]5[CH]1[Zr]23451678[CH]2[CH]1[CH]6[CH]7[CH]28. The molecule has 10 heterocycles. The second-order valence-electron chi connectivity index (χ2n) is 12.8. The van der Waals surface area contributed by atoms with Crippen LogP contribution < -0.4 is 0 Å². The molecule has 0 unspecified atom stereocenters. The summed E-state index contributed by atoms with van der Waals surface area (Å²) in [7, 11) is 0. The molecule has 1 spiro atoms. The van der Waals surface area contributed by atoms with Gasteiger partial charge in [-0.2, -0.15) is 0 Å². The maximum absolute atomic E-state index is 2.76. The summed E-state index contributed by atoms with van der Waals surface area (Å²) in [5, 5.41) is 0. The van der Waals surface area contributed by atoms with E-state index in [0.29, 0.717) is 0 Å². The van der Waals surface area contributed by atoms with Crippen LogP contribution >= 0.6 is 24.8 Å². The van der Waals surface area contributed by atoms with Crippen LogP contribution in [0.15, 0.2) is 0 Å². The predicted octanol–water partition coefficient (Wildman–Crippen LogP) is 4.22. The van der Waals surface area contributed by atoms with Gasteiger partial charge < -0.3 is 0 Å². The van der Waals surface area contributed by atoms with E-state index in [1.165, 1.54) is 0 Å². The van der Waals surface area contributed by atoms with E-state index in [9.17, 15) is 0 Å². The molecular weight excluding hydrogens is 282 g/mol. The van der Waals surface area contributed by atoms with Crippen molar-refractivity contribution in [1.82, 2.24) is 0 Å². The van der Waals surface area contributed by atoms with Gasteiger partial charge in [-0.25, -0.2) is 0 Å². The molecule has 0 aromatic carbocycles. The Bertz CT molecular complexity index is 580. The van der Waals surface area contributed by atoms with Gasteiger partial charge in [-0.05, 0) is 0 Å². The van der Waals surface area contributed by atoms with E-state index in [0.717, 1.165) is 0 Å². The third-order valence-corrected chi connectivity index (χ3v) is 113. The van der Waals surface area contributed by atoms with E-state index in [2.05, 4.69) is 0 Å². The molecule has 0 atom stereocenters. The van der Waals surface area contributed by atoms with Crippen LogP contribution in [0.25, 0.3) is 0 Å². The molecule has 0 N–H and O–H groups in total. The molecule has 10 rings (SSSR count). The van der Waals surface area contributed by atoms with Crippen LogP contribution in [0.1, 0.15) is 0 Å². The van der Waals surface area contributed by atoms with Crippen molar-refractivity contribution in [3.8, 4) is 0 Å². The van der Waals surface area contributed by atoms with Crippen molar-refractivity contribution in [2.75, 3.05) is 0 Å². The average Bonchev–Trinajstić information content (AvgIpc) is 3.01. The molecule has 10 fully saturated rings. The Morgan fingerprint density at radius 2 is 0.538 bits per heavy atom. The van der Waals surface area contributed by atoms with Gasteiger partial charge in [-0.3, -0.25) is 0 Å². The van der Waals surface area contributed by atoms with Crippen LogP contribution in [-0.4, -0.2) is 0 Å². The number of rotatable bonds is 0. The van der Waals surface area contributed by atoms with Gasteiger partial charge in [0.05, 0.1) is 0 Å².